The number of hydrogen-bond acceptors (Lipinski definition) is 4. The number of methoxy groups -OCH3 is 2. The molecule has 1 heterocycles. The van der Waals surface area contributed by atoms with Gasteiger partial charge in [-0.1, -0.05) is 36.5 Å². The summed E-state index contributed by atoms with van der Waals surface area (Å²) in [4.78, 5) is 4.90. The van der Waals surface area contributed by atoms with Crippen molar-refractivity contribution in [1.82, 2.24) is 9.55 Å². The Balaban J connectivity index is 1.84. The second-order valence-electron chi connectivity index (χ2n) is 10.0. The number of aromatic nitrogens is 2. The number of nitrogens with two attached hydrogens (primary N) is 1. The Labute approximate surface area is 259 Å². The van der Waals surface area contributed by atoms with Crippen LogP contribution in [0.25, 0.3) is 33.9 Å². The largest absolute Gasteiger partial charge is 0.497 e. The zero-order valence-corrected chi connectivity index (χ0v) is 24.6. The lowest BCUT2D eigenvalue weighted by Gasteiger charge is -2.17. The Morgan fingerprint density at radius 3 is 1.64 bits per heavy atom. The highest BCUT2D eigenvalue weighted by Gasteiger charge is 2.37. The number of nitrogens with zero attached hydrogens (tertiary/aromatic N) is 2. The molecule has 0 bridgehead atoms. The average molecular weight is 642 g/mol. The zero-order valence-electron chi connectivity index (χ0n) is 23.8. The third-order valence-corrected chi connectivity index (χ3v) is 7.36. The van der Waals surface area contributed by atoms with Gasteiger partial charge >= 0.3 is 12.4 Å². The van der Waals surface area contributed by atoms with Gasteiger partial charge in [-0.3, -0.25) is 0 Å². The maximum absolute atomic E-state index is 13.9. The number of halogens is 6. The number of thiocarbonyl (C=S) groups is 1. The minimum Gasteiger partial charge on any atom is -0.497 e. The fourth-order valence-electron chi connectivity index (χ4n) is 4.86. The molecule has 0 saturated heterocycles. The van der Waals surface area contributed by atoms with Gasteiger partial charge in [0.2, 0.25) is 0 Å². The molecule has 0 aliphatic carbocycles. The highest BCUT2D eigenvalue weighted by Crippen LogP contribution is 2.42. The average Bonchev–Trinajstić information content (AvgIpc) is 3.39. The minimum atomic E-state index is -5.04. The van der Waals surface area contributed by atoms with Crippen LogP contribution in [0.3, 0.4) is 0 Å². The third kappa shape index (κ3) is 6.80. The number of imidazole rings is 1. The Bertz CT molecular complexity index is 1800. The van der Waals surface area contributed by atoms with Crippen molar-refractivity contribution >= 4 is 17.2 Å². The topological polar surface area (TPSA) is 62.3 Å². The summed E-state index contributed by atoms with van der Waals surface area (Å²) in [6.07, 6.45) is -10.1. The van der Waals surface area contributed by atoms with Gasteiger partial charge in [0.25, 0.3) is 0 Å². The van der Waals surface area contributed by atoms with Crippen molar-refractivity contribution in [1.29, 1.82) is 0 Å². The summed E-state index contributed by atoms with van der Waals surface area (Å²) in [6, 6.07) is 22.0. The number of ether oxygens (including phenoxy) is 2. The molecule has 2 N–H and O–H groups in total. The van der Waals surface area contributed by atoms with Crippen LogP contribution in [0.4, 0.5) is 26.3 Å². The van der Waals surface area contributed by atoms with Crippen molar-refractivity contribution in [3.63, 3.8) is 0 Å². The van der Waals surface area contributed by atoms with Gasteiger partial charge in [-0.2, -0.15) is 26.3 Å². The smallest absolute Gasteiger partial charge is 0.416 e. The van der Waals surface area contributed by atoms with E-state index in [2.05, 4.69) is 0 Å². The van der Waals surface area contributed by atoms with Gasteiger partial charge in [-0.15, -0.1) is 0 Å². The van der Waals surface area contributed by atoms with Crippen LogP contribution in [0.1, 0.15) is 22.3 Å². The van der Waals surface area contributed by atoms with E-state index in [0.717, 1.165) is 0 Å². The quantitative estimate of drug-likeness (QED) is 0.136. The molecule has 0 aliphatic heterocycles. The summed E-state index contributed by atoms with van der Waals surface area (Å²) in [6.45, 7) is 0.0368. The van der Waals surface area contributed by atoms with Crippen molar-refractivity contribution in [3.05, 3.63) is 113 Å². The van der Waals surface area contributed by atoms with E-state index < -0.39 is 23.5 Å². The Morgan fingerprint density at radius 2 is 1.20 bits per heavy atom. The van der Waals surface area contributed by atoms with Crippen molar-refractivity contribution in [2.24, 2.45) is 5.73 Å². The molecule has 232 valence electrons. The maximum Gasteiger partial charge on any atom is 0.416 e. The molecule has 0 fully saturated rings. The van der Waals surface area contributed by atoms with E-state index in [-0.39, 0.29) is 29.0 Å². The summed E-state index contributed by atoms with van der Waals surface area (Å²) < 4.78 is 95.7. The second kappa shape index (κ2) is 12.3. The van der Waals surface area contributed by atoms with Gasteiger partial charge in [0.1, 0.15) is 22.3 Å². The molecule has 5 rings (SSSR count). The first-order valence-corrected chi connectivity index (χ1v) is 13.8. The molecule has 0 atom stereocenters. The molecule has 5 nitrogen and oxygen atoms in total. The Morgan fingerprint density at radius 1 is 0.711 bits per heavy atom. The lowest BCUT2D eigenvalue weighted by molar-refractivity contribution is -0.143. The molecule has 5 aromatic rings. The first-order valence-electron chi connectivity index (χ1n) is 13.4. The third-order valence-electron chi connectivity index (χ3n) is 7.12. The molecule has 1 aromatic heterocycles. The van der Waals surface area contributed by atoms with Crippen LogP contribution in [-0.4, -0.2) is 28.8 Å². The second-order valence-corrected chi connectivity index (χ2v) is 10.5. The molecular weight excluding hydrogens is 616 g/mol. The summed E-state index contributed by atoms with van der Waals surface area (Å²) in [5.74, 6) is 1.01. The molecule has 0 aliphatic rings. The van der Waals surface area contributed by atoms with Crippen LogP contribution in [0, 0.1) is 0 Å². The molecular formula is C33H25F6N3O2S. The summed E-state index contributed by atoms with van der Waals surface area (Å²) in [5.41, 5.74) is 5.73. The molecule has 4 aromatic carbocycles. The van der Waals surface area contributed by atoms with Gasteiger partial charge in [0, 0.05) is 28.8 Å². The van der Waals surface area contributed by atoms with Gasteiger partial charge in [-0.05, 0) is 72.3 Å². The van der Waals surface area contributed by atoms with Crippen LogP contribution in [-0.2, 0) is 18.9 Å². The highest BCUT2D eigenvalue weighted by molar-refractivity contribution is 7.80. The molecule has 0 spiro atoms. The predicted molar refractivity (Wildman–Crippen MR) is 163 cm³/mol. The molecule has 0 saturated carbocycles. The van der Waals surface area contributed by atoms with E-state index >= 15 is 0 Å². The molecule has 12 heteroatoms. The van der Waals surface area contributed by atoms with Gasteiger partial charge in [0.15, 0.2) is 0 Å². The highest BCUT2D eigenvalue weighted by atomic mass is 32.1. The van der Waals surface area contributed by atoms with Crippen LogP contribution < -0.4 is 15.2 Å². The summed E-state index contributed by atoms with van der Waals surface area (Å²) in [5, 5.41) is 0. The van der Waals surface area contributed by atoms with E-state index in [4.69, 9.17) is 32.4 Å². The van der Waals surface area contributed by atoms with E-state index in [1.165, 1.54) is 14.2 Å². The van der Waals surface area contributed by atoms with E-state index in [1.54, 1.807) is 77.4 Å². The molecule has 45 heavy (non-hydrogen) atoms. The van der Waals surface area contributed by atoms with Gasteiger partial charge in [0.05, 0.1) is 36.7 Å². The van der Waals surface area contributed by atoms with E-state index in [1.807, 2.05) is 0 Å². The maximum atomic E-state index is 13.9. The Kier molecular flexibility index (Phi) is 8.61. The lowest BCUT2D eigenvalue weighted by atomic mass is 10.0. The van der Waals surface area contributed by atoms with Gasteiger partial charge < -0.3 is 19.8 Å². The molecule has 0 amide bonds. The van der Waals surface area contributed by atoms with Crippen LogP contribution in [0.2, 0.25) is 0 Å². The van der Waals surface area contributed by atoms with E-state index in [0.29, 0.717) is 57.3 Å². The van der Waals surface area contributed by atoms with Crippen LogP contribution >= 0.6 is 12.2 Å². The summed E-state index contributed by atoms with van der Waals surface area (Å²) >= 11 is 5.04. The van der Waals surface area contributed by atoms with E-state index in [9.17, 15) is 26.3 Å². The SMILES string of the molecule is COc1ccc(-c2nc(-c3cc(C(F)(F)F)cc(C(F)(F)F)c3)n(Cc3ccc(C(N)=S)cc3)c2-c2ccc(OC)cc2)cc1. The Hall–Kier alpha value is -4.84. The minimum absolute atomic E-state index is 0.0368. The predicted octanol–water partition coefficient (Wildman–Crippen LogP) is 8.62. The number of rotatable bonds is 8. The first kappa shape index (κ1) is 31.6. The monoisotopic (exact) mass is 641 g/mol. The van der Waals surface area contributed by atoms with Gasteiger partial charge in [-0.25, -0.2) is 4.98 Å². The lowest BCUT2D eigenvalue weighted by Crippen LogP contribution is -2.12. The van der Waals surface area contributed by atoms with Crippen molar-refractivity contribution < 1.29 is 35.8 Å². The van der Waals surface area contributed by atoms with Crippen molar-refractivity contribution in [2.45, 2.75) is 18.9 Å². The number of benzene rings is 4. The standard InChI is InChI=1S/C33H25F6N3O2S/c1-43-26-11-7-20(8-12-26)28-29(21-9-13-27(44-2)14-10-21)42(18-19-3-5-22(6-4-19)30(40)45)31(41-28)23-15-24(32(34,35)36)17-25(16-23)33(37,38)39/h3-17H,18H2,1-2H3,(H2,40,45). The summed E-state index contributed by atoms with van der Waals surface area (Å²) in [7, 11) is 3.00. The van der Waals surface area contributed by atoms with Crippen LogP contribution in [0.15, 0.2) is 91.0 Å². The van der Waals surface area contributed by atoms with Crippen molar-refractivity contribution in [3.8, 4) is 45.4 Å². The number of hydrogen-bond donors (Lipinski definition) is 1. The molecule has 0 radical (unpaired) electrons. The normalized spacial score (nSPS) is 11.8. The zero-order chi connectivity index (χ0) is 32.5. The van der Waals surface area contributed by atoms with Crippen molar-refractivity contribution in [2.75, 3.05) is 14.2 Å². The fourth-order valence-corrected chi connectivity index (χ4v) is 5.00. The molecule has 0 unspecified atom stereocenters. The van der Waals surface area contributed by atoms with Crippen LogP contribution in [0.5, 0.6) is 11.5 Å². The first-order chi connectivity index (χ1) is 21.3. The fraction of sp³-hybridized carbons (Fsp3) is 0.152. The number of alkyl halides is 6.